The third-order valence-corrected chi connectivity index (χ3v) is 3.53. The second-order valence-electron chi connectivity index (χ2n) is 4.79. The highest BCUT2D eigenvalue weighted by atomic mass is 19.1. The molecule has 0 aromatic carbocycles. The number of piperazine rings is 1. The second kappa shape index (κ2) is 5.96. The van der Waals surface area contributed by atoms with Gasteiger partial charge < -0.3 is 4.90 Å². The van der Waals surface area contributed by atoms with E-state index in [1.807, 2.05) is 6.07 Å². The van der Waals surface area contributed by atoms with Crippen molar-refractivity contribution < 1.29 is 4.39 Å². The summed E-state index contributed by atoms with van der Waals surface area (Å²) in [4.78, 5) is 9.85. The van der Waals surface area contributed by atoms with E-state index < -0.39 is 5.95 Å². The van der Waals surface area contributed by atoms with Gasteiger partial charge in [-0.2, -0.15) is 19.4 Å². The Morgan fingerprint density at radius 2 is 1.75 bits per heavy atom. The van der Waals surface area contributed by atoms with E-state index >= 15 is 0 Å². The highest BCUT2D eigenvalue weighted by Crippen LogP contribution is 2.16. The van der Waals surface area contributed by atoms with Gasteiger partial charge in [0.1, 0.15) is 0 Å². The van der Waals surface area contributed by atoms with E-state index in [1.165, 1.54) is 12.3 Å². The number of rotatable bonds is 4. The van der Waals surface area contributed by atoms with Crippen LogP contribution in [0.2, 0.25) is 0 Å². The van der Waals surface area contributed by atoms with Gasteiger partial charge in [-0.25, -0.2) is 4.98 Å². The smallest absolute Gasteiger partial charge is 0.214 e. The van der Waals surface area contributed by atoms with Crippen molar-refractivity contribution in [1.29, 1.82) is 0 Å². The first kappa shape index (κ1) is 13.0. The first-order chi connectivity index (χ1) is 9.81. The quantitative estimate of drug-likeness (QED) is 0.767. The molecule has 2 aromatic heterocycles. The molecule has 0 atom stereocenters. The molecule has 0 N–H and O–H groups in total. The maximum Gasteiger partial charge on any atom is 0.214 e. The molecule has 0 spiro atoms. The van der Waals surface area contributed by atoms with Crippen LogP contribution in [0, 0.1) is 5.95 Å². The van der Waals surface area contributed by atoms with Crippen molar-refractivity contribution in [2.45, 2.75) is 6.54 Å². The Labute approximate surface area is 116 Å². The number of nitrogens with zero attached hydrogens (tertiary/aromatic N) is 6. The van der Waals surface area contributed by atoms with E-state index in [1.54, 1.807) is 17.2 Å². The lowest BCUT2D eigenvalue weighted by atomic mass is 10.2. The van der Waals surface area contributed by atoms with Crippen LogP contribution in [0.15, 0.2) is 30.7 Å². The minimum Gasteiger partial charge on any atom is -0.369 e. The van der Waals surface area contributed by atoms with E-state index in [2.05, 4.69) is 25.0 Å². The molecule has 3 heterocycles. The van der Waals surface area contributed by atoms with Crippen LogP contribution in [0.3, 0.4) is 0 Å². The van der Waals surface area contributed by atoms with Crippen LogP contribution in [-0.4, -0.2) is 57.6 Å². The summed E-state index contributed by atoms with van der Waals surface area (Å²) in [6.45, 7) is 5.46. The fourth-order valence-corrected chi connectivity index (χ4v) is 2.41. The molecule has 1 saturated heterocycles. The van der Waals surface area contributed by atoms with Gasteiger partial charge in [-0.15, -0.1) is 0 Å². The molecule has 0 aliphatic carbocycles. The fraction of sp³-hybridized carbons (Fsp3) is 0.462. The zero-order valence-electron chi connectivity index (χ0n) is 11.2. The molecule has 106 valence electrons. The van der Waals surface area contributed by atoms with Gasteiger partial charge in [0.15, 0.2) is 0 Å². The lowest BCUT2D eigenvalue weighted by molar-refractivity contribution is 0.239. The molecule has 1 fully saturated rings. The van der Waals surface area contributed by atoms with Crippen molar-refractivity contribution in [3.63, 3.8) is 0 Å². The molecule has 1 aliphatic rings. The van der Waals surface area contributed by atoms with E-state index in [0.717, 1.165) is 45.0 Å². The summed E-state index contributed by atoms with van der Waals surface area (Å²) in [6, 6.07) is 3.34. The number of pyridine rings is 1. The standard InChI is InChI=1S/C13H17FN6/c14-13-11-12(1-2-15-13)19-8-5-18(6-9-19)7-10-20-16-3-4-17-20/h1-4,11H,5-10H2. The lowest BCUT2D eigenvalue weighted by Crippen LogP contribution is -2.47. The minimum absolute atomic E-state index is 0.422. The summed E-state index contributed by atoms with van der Waals surface area (Å²) in [7, 11) is 0. The van der Waals surface area contributed by atoms with Crippen molar-refractivity contribution in [2.75, 3.05) is 37.6 Å². The fourth-order valence-electron chi connectivity index (χ4n) is 2.41. The maximum absolute atomic E-state index is 13.1. The molecule has 3 rings (SSSR count). The molecule has 0 amide bonds. The molecule has 0 radical (unpaired) electrons. The van der Waals surface area contributed by atoms with Gasteiger partial charge in [0.25, 0.3) is 0 Å². The SMILES string of the molecule is Fc1cc(N2CCN(CCn3nccn3)CC2)ccn1. The molecule has 6 nitrogen and oxygen atoms in total. The minimum atomic E-state index is -0.422. The first-order valence-electron chi connectivity index (χ1n) is 6.74. The number of hydrogen-bond acceptors (Lipinski definition) is 5. The van der Waals surface area contributed by atoms with Crippen LogP contribution in [0.25, 0.3) is 0 Å². The topological polar surface area (TPSA) is 50.1 Å². The second-order valence-corrected chi connectivity index (χ2v) is 4.79. The summed E-state index contributed by atoms with van der Waals surface area (Å²) in [5, 5.41) is 8.19. The molecule has 1 aliphatic heterocycles. The van der Waals surface area contributed by atoms with Gasteiger partial charge in [0.05, 0.1) is 18.9 Å². The van der Waals surface area contributed by atoms with Gasteiger partial charge in [-0.3, -0.25) is 4.90 Å². The number of aromatic nitrogens is 4. The summed E-state index contributed by atoms with van der Waals surface area (Å²) in [5.41, 5.74) is 0.908. The largest absolute Gasteiger partial charge is 0.369 e. The maximum atomic E-state index is 13.1. The number of halogens is 1. The Balaban J connectivity index is 1.49. The van der Waals surface area contributed by atoms with Crippen LogP contribution in [0.4, 0.5) is 10.1 Å². The third-order valence-electron chi connectivity index (χ3n) is 3.53. The van der Waals surface area contributed by atoms with Crippen LogP contribution in [0.1, 0.15) is 0 Å². The van der Waals surface area contributed by atoms with Crippen molar-refractivity contribution in [3.05, 3.63) is 36.7 Å². The van der Waals surface area contributed by atoms with E-state index in [0.29, 0.717) is 0 Å². The van der Waals surface area contributed by atoms with Gasteiger partial charge in [-0.05, 0) is 6.07 Å². The Kier molecular flexibility index (Phi) is 3.87. The predicted molar refractivity (Wildman–Crippen MR) is 72.9 cm³/mol. The Morgan fingerprint density at radius 1 is 1.00 bits per heavy atom. The summed E-state index contributed by atoms with van der Waals surface area (Å²) >= 11 is 0. The predicted octanol–water partition coefficient (Wildman–Crippen LogP) is 0.634. The number of anilines is 1. The summed E-state index contributed by atoms with van der Waals surface area (Å²) in [5.74, 6) is -0.422. The van der Waals surface area contributed by atoms with E-state index in [4.69, 9.17) is 0 Å². The molecule has 0 bridgehead atoms. The first-order valence-corrected chi connectivity index (χ1v) is 6.74. The summed E-state index contributed by atoms with van der Waals surface area (Å²) < 4.78 is 13.1. The van der Waals surface area contributed by atoms with E-state index in [-0.39, 0.29) is 0 Å². The van der Waals surface area contributed by atoms with Crippen LogP contribution in [0.5, 0.6) is 0 Å². The monoisotopic (exact) mass is 276 g/mol. The Bertz CT molecular complexity index is 536. The van der Waals surface area contributed by atoms with E-state index in [9.17, 15) is 4.39 Å². The van der Waals surface area contributed by atoms with Gasteiger partial charge >= 0.3 is 0 Å². The highest BCUT2D eigenvalue weighted by Gasteiger charge is 2.17. The molecule has 7 heteroatoms. The lowest BCUT2D eigenvalue weighted by Gasteiger charge is -2.35. The molecular formula is C13H17FN6. The van der Waals surface area contributed by atoms with Gasteiger partial charge in [0, 0.05) is 50.7 Å². The average Bonchev–Trinajstić information content (AvgIpc) is 2.99. The van der Waals surface area contributed by atoms with Crippen molar-refractivity contribution in [1.82, 2.24) is 24.9 Å². The normalized spacial score (nSPS) is 16.6. The zero-order chi connectivity index (χ0) is 13.8. The highest BCUT2D eigenvalue weighted by molar-refractivity contribution is 5.45. The number of hydrogen-bond donors (Lipinski definition) is 0. The van der Waals surface area contributed by atoms with Crippen molar-refractivity contribution in [2.24, 2.45) is 0 Å². The Hall–Kier alpha value is -2.02. The zero-order valence-corrected chi connectivity index (χ0v) is 11.2. The van der Waals surface area contributed by atoms with Crippen LogP contribution >= 0.6 is 0 Å². The van der Waals surface area contributed by atoms with Gasteiger partial charge in [0.2, 0.25) is 5.95 Å². The molecule has 20 heavy (non-hydrogen) atoms. The average molecular weight is 276 g/mol. The van der Waals surface area contributed by atoms with Crippen LogP contribution in [-0.2, 0) is 6.54 Å². The van der Waals surface area contributed by atoms with Crippen molar-refractivity contribution >= 4 is 5.69 Å². The van der Waals surface area contributed by atoms with Crippen LogP contribution < -0.4 is 4.90 Å². The van der Waals surface area contributed by atoms with Crippen molar-refractivity contribution in [3.8, 4) is 0 Å². The third kappa shape index (κ3) is 3.11. The van der Waals surface area contributed by atoms with Gasteiger partial charge in [-0.1, -0.05) is 0 Å². The molecular weight excluding hydrogens is 259 g/mol. The molecule has 0 saturated carbocycles. The molecule has 0 unspecified atom stereocenters. The summed E-state index contributed by atoms with van der Waals surface area (Å²) in [6.07, 6.45) is 4.90. The molecule has 2 aromatic rings. The Morgan fingerprint density at radius 3 is 2.45 bits per heavy atom.